The van der Waals surface area contributed by atoms with Crippen LogP contribution >= 0.6 is 0 Å². The van der Waals surface area contributed by atoms with Crippen molar-refractivity contribution in [1.82, 2.24) is 0 Å². The van der Waals surface area contributed by atoms with E-state index in [9.17, 15) is 0 Å². The molecule has 0 radical (unpaired) electrons. The predicted octanol–water partition coefficient (Wildman–Crippen LogP) is 3.93. The van der Waals surface area contributed by atoms with Gasteiger partial charge in [-0.15, -0.1) is 0 Å². The van der Waals surface area contributed by atoms with Crippen LogP contribution in [0.15, 0.2) is 0 Å². The maximum atomic E-state index is 9.11. The van der Waals surface area contributed by atoms with Gasteiger partial charge in [0.25, 0.3) is 0 Å². The van der Waals surface area contributed by atoms with Gasteiger partial charge in [-0.1, -0.05) is 58.3 Å². The molecule has 0 aromatic rings. The zero-order chi connectivity index (χ0) is 13.0. The first-order valence-corrected chi connectivity index (χ1v) is 7.55. The van der Waals surface area contributed by atoms with Crippen LogP contribution in [0.2, 0.25) is 0 Å². The molecule has 0 spiro atoms. The maximum absolute atomic E-state index is 9.11. The van der Waals surface area contributed by atoms with Crippen LogP contribution in [0.25, 0.3) is 0 Å². The molecule has 2 nitrogen and oxygen atoms in total. The first-order valence-electron chi connectivity index (χ1n) is 7.55. The van der Waals surface area contributed by atoms with Gasteiger partial charge in [0.2, 0.25) is 0 Å². The lowest BCUT2D eigenvalue weighted by molar-refractivity contribution is -0.909. The molecule has 0 unspecified atom stereocenters. The van der Waals surface area contributed by atoms with E-state index in [1.807, 2.05) is 0 Å². The molecule has 2 heteroatoms. The van der Waals surface area contributed by atoms with E-state index < -0.39 is 0 Å². The Morgan fingerprint density at radius 2 is 1.12 bits per heavy atom. The van der Waals surface area contributed by atoms with Crippen LogP contribution in [0.3, 0.4) is 0 Å². The van der Waals surface area contributed by atoms with E-state index in [0.29, 0.717) is 0 Å². The summed E-state index contributed by atoms with van der Waals surface area (Å²) < 4.78 is 0.747. The van der Waals surface area contributed by atoms with Crippen LogP contribution in [-0.2, 0) is 0 Å². The molecular formula is C15H34NO+. The van der Waals surface area contributed by atoms with E-state index in [-0.39, 0.29) is 6.73 Å². The normalized spacial score (nSPS) is 12.0. The Morgan fingerprint density at radius 1 is 0.706 bits per heavy atom. The minimum atomic E-state index is 0.261. The zero-order valence-electron chi connectivity index (χ0n) is 12.4. The number of aliphatic hydroxyl groups excluding tert-OH is 1. The van der Waals surface area contributed by atoms with Crippen molar-refractivity contribution in [3.63, 3.8) is 0 Å². The fraction of sp³-hybridized carbons (Fsp3) is 1.00. The van der Waals surface area contributed by atoms with Crippen LogP contribution in [0.1, 0.15) is 71.1 Å². The molecule has 104 valence electrons. The molecule has 1 N–H and O–H groups in total. The minimum absolute atomic E-state index is 0.261. The molecule has 0 atom stereocenters. The smallest absolute Gasteiger partial charge is 0.179 e. The Morgan fingerprint density at radius 3 is 1.53 bits per heavy atom. The topological polar surface area (TPSA) is 20.2 Å². The van der Waals surface area contributed by atoms with Crippen LogP contribution in [-0.4, -0.2) is 37.0 Å². The van der Waals surface area contributed by atoms with Gasteiger partial charge in [-0.05, 0) is 12.8 Å². The van der Waals surface area contributed by atoms with Gasteiger partial charge in [0.05, 0.1) is 20.6 Å². The van der Waals surface area contributed by atoms with E-state index in [1.54, 1.807) is 0 Å². The average Bonchev–Trinajstić information content (AvgIpc) is 2.31. The monoisotopic (exact) mass is 244 g/mol. The second-order valence-corrected chi connectivity index (χ2v) is 5.98. The number of nitrogens with zero attached hydrogens (tertiary/aromatic N) is 1. The zero-order valence-corrected chi connectivity index (χ0v) is 12.4. The summed E-state index contributed by atoms with van der Waals surface area (Å²) in [5.41, 5.74) is 0. The fourth-order valence-corrected chi connectivity index (χ4v) is 2.10. The lowest BCUT2D eigenvalue weighted by atomic mass is 10.1. The van der Waals surface area contributed by atoms with E-state index >= 15 is 0 Å². The molecule has 0 saturated carbocycles. The summed E-state index contributed by atoms with van der Waals surface area (Å²) in [5.74, 6) is 0. The number of quaternary nitrogens is 1. The number of aliphatic hydroxyl groups is 1. The van der Waals surface area contributed by atoms with Crippen molar-refractivity contribution in [3.8, 4) is 0 Å². The molecule has 0 rings (SSSR count). The lowest BCUT2D eigenvalue weighted by Gasteiger charge is -2.26. The first kappa shape index (κ1) is 16.9. The Hall–Kier alpha value is -0.0800. The summed E-state index contributed by atoms with van der Waals surface area (Å²) in [7, 11) is 4.18. The largest absolute Gasteiger partial charge is 0.347 e. The van der Waals surface area contributed by atoms with Gasteiger partial charge in [-0.2, -0.15) is 0 Å². The quantitative estimate of drug-likeness (QED) is 0.313. The van der Waals surface area contributed by atoms with Gasteiger partial charge in [-0.3, -0.25) is 0 Å². The molecule has 0 aromatic heterocycles. The van der Waals surface area contributed by atoms with Crippen molar-refractivity contribution in [2.75, 3.05) is 27.4 Å². The molecule has 17 heavy (non-hydrogen) atoms. The van der Waals surface area contributed by atoms with Crippen LogP contribution < -0.4 is 0 Å². The van der Waals surface area contributed by atoms with Crippen molar-refractivity contribution >= 4 is 0 Å². The van der Waals surface area contributed by atoms with E-state index in [0.717, 1.165) is 11.0 Å². The Kier molecular flexibility index (Phi) is 11.0. The van der Waals surface area contributed by atoms with Gasteiger partial charge < -0.3 is 9.59 Å². The summed E-state index contributed by atoms with van der Waals surface area (Å²) in [6.45, 7) is 3.64. The van der Waals surface area contributed by atoms with E-state index in [4.69, 9.17) is 5.11 Å². The van der Waals surface area contributed by atoms with Crippen molar-refractivity contribution in [3.05, 3.63) is 0 Å². The molecular weight excluding hydrogens is 210 g/mol. The fourth-order valence-electron chi connectivity index (χ4n) is 2.10. The third-order valence-corrected chi connectivity index (χ3v) is 3.50. The van der Waals surface area contributed by atoms with Crippen molar-refractivity contribution in [2.24, 2.45) is 0 Å². The van der Waals surface area contributed by atoms with Gasteiger partial charge in [0.1, 0.15) is 0 Å². The molecule has 0 heterocycles. The Balaban J connectivity index is 3.09. The number of rotatable bonds is 12. The maximum Gasteiger partial charge on any atom is 0.179 e. The molecule has 0 aromatic carbocycles. The molecule has 0 fully saturated rings. The molecule has 0 aliphatic heterocycles. The Bertz CT molecular complexity index is 157. The molecule has 0 bridgehead atoms. The van der Waals surface area contributed by atoms with Crippen LogP contribution in [0.4, 0.5) is 0 Å². The van der Waals surface area contributed by atoms with Crippen molar-refractivity contribution in [1.29, 1.82) is 0 Å². The van der Waals surface area contributed by atoms with Crippen molar-refractivity contribution in [2.45, 2.75) is 71.1 Å². The highest BCUT2D eigenvalue weighted by Gasteiger charge is 2.11. The summed E-state index contributed by atoms with van der Waals surface area (Å²) in [6, 6.07) is 0. The summed E-state index contributed by atoms with van der Waals surface area (Å²) >= 11 is 0. The minimum Gasteiger partial charge on any atom is -0.347 e. The second kappa shape index (κ2) is 11.0. The number of hydrogen-bond acceptors (Lipinski definition) is 1. The van der Waals surface area contributed by atoms with Crippen LogP contribution in [0, 0.1) is 0 Å². The highest BCUT2D eigenvalue weighted by molar-refractivity contribution is 4.47. The first-order chi connectivity index (χ1) is 8.12. The summed E-state index contributed by atoms with van der Waals surface area (Å²) in [4.78, 5) is 0. The van der Waals surface area contributed by atoms with Crippen molar-refractivity contribution < 1.29 is 9.59 Å². The average molecular weight is 244 g/mol. The molecule has 0 amide bonds. The van der Waals surface area contributed by atoms with Gasteiger partial charge >= 0.3 is 0 Å². The van der Waals surface area contributed by atoms with Gasteiger partial charge in [0, 0.05) is 0 Å². The predicted molar refractivity (Wildman–Crippen MR) is 75.9 cm³/mol. The molecule has 0 aliphatic rings. The van der Waals surface area contributed by atoms with Gasteiger partial charge in [-0.25, -0.2) is 0 Å². The number of unbranched alkanes of at least 4 members (excludes halogenated alkanes) is 9. The SMILES string of the molecule is CCCCCCCCCCCC[N+](C)(C)CO. The standard InChI is InChI=1S/C15H34NO/c1-4-5-6-7-8-9-10-11-12-13-14-16(2,3)15-17/h17H,4-15H2,1-3H3/q+1. The third-order valence-electron chi connectivity index (χ3n) is 3.50. The highest BCUT2D eigenvalue weighted by atomic mass is 16.3. The summed E-state index contributed by atoms with van der Waals surface area (Å²) in [6.07, 6.45) is 13.8. The Labute approximate surface area is 109 Å². The highest BCUT2D eigenvalue weighted by Crippen LogP contribution is 2.11. The van der Waals surface area contributed by atoms with E-state index in [2.05, 4.69) is 21.0 Å². The number of hydrogen-bond donors (Lipinski definition) is 1. The third kappa shape index (κ3) is 12.2. The summed E-state index contributed by atoms with van der Waals surface area (Å²) in [5, 5.41) is 9.11. The molecule has 0 saturated heterocycles. The second-order valence-electron chi connectivity index (χ2n) is 5.98. The lowest BCUT2D eigenvalue weighted by Crippen LogP contribution is -2.41. The molecule has 0 aliphatic carbocycles. The van der Waals surface area contributed by atoms with E-state index in [1.165, 1.54) is 64.2 Å². The van der Waals surface area contributed by atoms with Gasteiger partial charge in [0.15, 0.2) is 6.73 Å². The van der Waals surface area contributed by atoms with Crippen LogP contribution in [0.5, 0.6) is 0 Å².